The zero-order valence-corrected chi connectivity index (χ0v) is 10.6. The van der Waals surface area contributed by atoms with Gasteiger partial charge in [0.15, 0.2) is 0 Å². The summed E-state index contributed by atoms with van der Waals surface area (Å²) < 4.78 is 5.49. The minimum absolute atomic E-state index is 0.0975. The van der Waals surface area contributed by atoms with Gasteiger partial charge in [-0.15, -0.1) is 0 Å². The fourth-order valence-electron chi connectivity index (χ4n) is 4.25. The number of hydrogen-bond donors (Lipinski definition) is 0. The molecule has 4 bridgehead atoms. The van der Waals surface area contributed by atoms with E-state index in [2.05, 4.69) is 0 Å². The molecule has 4 rings (SSSR count). The number of hydrogen-bond acceptors (Lipinski definition) is 2. The summed E-state index contributed by atoms with van der Waals surface area (Å²) >= 11 is 11.1. The Morgan fingerprint density at radius 3 is 1.94 bits per heavy atom. The van der Waals surface area contributed by atoms with Gasteiger partial charge < -0.3 is 4.74 Å². The lowest BCUT2D eigenvalue weighted by atomic mass is 9.55. The van der Waals surface area contributed by atoms with Crippen molar-refractivity contribution in [3.8, 4) is 0 Å². The molecule has 0 aliphatic heterocycles. The molecule has 4 aliphatic carbocycles. The summed E-state index contributed by atoms with van der Waals surface area (Å²) in [6.07, 6.45) is 6.45. The highest BCUT2D eigenvalue weighted by Gasteiger charge is 2.50. The van der Waals surface area contributed by atoms with Gasteiger partial charge in [0, 0.05) is 0 Å². The largest absolute Gasteiger partial charge is 0.460 e. The van der Waals surface area contributed by atoms with Crippen molar-refractivity contribution in [2.75, 3.05) is 0 Å². The maximum Gasteiger partial charge on any atom is 0.339 e. The van der Waals surface area contributed by atoms with E-state index >= 15 is 0 Å². The monoisotopic (exact) mass is 262 g/mol. The van der Waals surface area contributed by atoms with Crippen LogP contribution in [0.25, 0.3) is 0 Å². The molecule has 4 aliphatic rings. The Bertz CT molecular complexity index is 275. The van der Waals surface area contributed by atoms with E-state index in [1.807, 2.05) is 0 Å². The predicted octanol–water partition coefficient (Wildman–Crippen LogP) is 3.16. The molecule has 0 spiro atoms. The molecule has 90 valence electrons. The number of rotatable bonds is 2. The first-order valence-corrected chi connectivity index (χ1v) is 6.99. The highest BCUT2D eigenvalue weighted by molar-refractivity contribution is 6.52. The van der Waals surface area contributed by atoms with Crippen LogP contribution in [-0.4, -0.2) is 16.9 Å². The van der Waals surface area contributed by atoms with Gasteiger partial charge >= 0.3 is 5.97 Å². The first-order valence-electron chi connectivity index (χ1n) is 6.12. The maximum absolute atomic E-state index is 11.4. The summed E-state index contributed by atoms with van der Waals surface area (Å²) in [5, 5.41) is 0. The minimum Gasteiger partial charge on any atom is -0.460 e. The molecular weight excluding hydrogens is 247 g/mol. The van der Waals surface area contributed by atoms with Crippen molar-refractivity contribution < 1.29 is 9.53 Å². The Hall–Kier alpha value is 0.0500. The molecule has 0 N–H and O–H groups in total. The molecule has 4 fully saturated rings. The summed E-state index contributed by atoms with van der Waals surface area (Å²) in [6, 6.07) is 0. The van der Waals surface area contributed by atoms with Crippen molar-refractivity contribution >= 4 is 29.2 Å². The van der Waals surface area contributed by atoms with Gasteiger partial charge in [-0.25, -0.2) is 4.79 Å². The summed E-state index contributed by atoms with van der Waals surface area (Å²) in [7, 11) is 0. The van der Waals surface area contributed by atoms with Crippen LogP contribution in [-0.2, 0) is 9.53 Å². The molecular formula is C12H16Cl2O2. The average Bonchev–Trinajstić information content (AvgIpc) is 2.21. The van der Waals surface area contributed by atoms with Crippen molar-refractivity contribution in [2.45, 2.75) is 43.0 Å². The third-order valence-electron chi connectivity index (χ3n) is 4.57. The van der Waals surface area contributed by atoms with Gasteiger partial charge in [-0.05, 0) is 55.8 Å². The quantitative estimate of drug-likeness (QED) is 0.565. The van der Waals surface area contributed by atoms with Crippen LogP contribution < -0.4 is 0 Å². The van der Waals surface area contributed by atoms with Gasteiger partial charge in [-0.1, -0.05) is 23.2 Å². The fourth-order valence-corrected chi connectivity index (χ4v) is 4.36. The zero-order valence-electron chi connectivity index (χ0n) is 9.07. The molecule has 16 heavy (non-hydrogen) atoms. The second-order valence-corrected chi connectivity index (χ2v) is 6.73. The number of halogens is 2. The Morgan fingerprint density at radius 2 is 1.50 bits per heavy atom. The van der Waals surface area contributed by atoms with Crippen LogP contribution in [0.3, 0.4) is 0 Å². The van der Waals surface area contributed by atoms with Gasteiger partial charge in [-0.2, -0.15) is 0 Å². The lowest BCUT2D eigenvalue weighted by Crippen LogP contribution is -2.50. The minimum atomic E-state index is -1.03. The van der Waals surface area contributed by atoms with E-state index in [0.717, 1.165) is 11.8 Å². The Kier molecular flexibility index (Phi) is 2.83. The van der Waals surface area contributed by atoms with Crippen molar-refractivity contribution in [3.63, 3.8) is 0 Å². The highest BCUT2D eigenvalue weighted by atomic mass is 35.5. The average molecular weight is 263 g/mol. The normalized spacial score (nSPS) is 45.1. The molecule has 0 amide bonds. The maximum atomic E-state index is 11.4. The fraction of sp³-hybridized carbons (Fsp3) is 0.917. The Balaban J connectivity index is 1.70. The van der Waals surface area contributed by atoms with Gasteiger partial charge in [0.2, 0.25) is 4.84 Å². The lowest BCUT2D eigenvalue weighted by molar-refractivity contribution is -0.168. The van der Waals surface area contributed by atoms with Gasteiger partial charge in [0.1, 0.15) is 6.10 Å². The zero-order chi connectivity index (χ0) is 11.3. The second-order valence-electron chi connectivity index (χ2n) is 5.63. The van der Waals surface area contributed by atoms with Gasteiger partial charge in [-0.3, -0.25) is 0 Å². The predicted molar refractivity (Wildman–Crippen MR) is 62.4 cm³/mol. The van der Waals surface area contributed by atoms with Crippen molar-refractivity contribution in [1.29, 1.82) is 0 Å². The van der Waals surface area contributed by atoms with Crippen LogP contribution in [0.15, 0.2) is 0 Å². The molecule has 0 saturated heterocycles. The molecule has 0 atom stereocenters. The molecule has 0 aromatic rings. The smallest absolute Gasteiger partial charge is 0.339 e. The van der Waals surface area contributed by atoms with Gasteiger partial charge in [0.25, 0.3) is 0 Å². The SMILES string of the molecule is O=C(OC1C2CC3CC(C2)CC1C3)C(Cl)Cl. The van der Waals surface area contributed by atoms with Crippen LogP contribution in [0.1, 0.15) is 32.1 Å². The third kappa shape index (κ3) is 1.84. The first kappa shape index (κ1) is 11.2. The van der Waals surface area contributed by atoms with Crippen LogP contribution in [0.5, 0.6) is 0 Å². The molecule has 4 heteroatoms. The topological polar surface area (TPSA) is 26.3 Å². The Morgan fingerprint density at radius 1 is 1.00 bits per heavy atom. The highest BCUT2D eigenvalue weighted by Crippen LogP contribution is 2.54. The van der Waals surface area contributed by atoms with Crippen molar-refractivity contribution in [1.82, 2.24) is 0 Å². The first-order chi connectivity index (χ1) is 7.63. The van der Waals surface area contributed by atoms with Crippen molar-refractivity contribution in [3.05, 3.63) is 0 Å². The number of esters is 1. The van der Waals surface area contributed by atoms with E-state index in [-0.39, 0.29) is 6.10 Å². The third-order valence-corrected chi connectivity index (χ3v) is 4.93. The number of alkyl halides is 2. The van der Waals surface area contributed by atoms with Crippen LogP contribution in [0.2, 0.25) is 0 Å². The molecule has 2 nitrogen and oxygen atoms in total. The van der Waals surface area contributed by atoms with E-state index in [4.69, 9.17) is 27.9 Å². The van der Waals surface area contributed by atoms with E-state index in [9.17, 15) is 4.79 Å². The molecule has 0 heterocycles. The van der Waals surface area contributed by atoms with Crippen LogP contribution in [0, 0.1) is 23.7 Å². The van der Waals surface area contributed by atoms with Crippen LogP contribution >= 0.6 is 23.2 Å². The summed E-state index contributed by atoms with van der Waals surface area (Å²) in [4.78, 5) is 10.4. The van der Waals surface area contributed by atoms with Gasteiger partial charge in [0.05, 0.1) is 0 Å². The second kappa shape index (κ2) is 4.06. The summed E-state index contributed by atoms with van der Waals surface area (Å²) in [6.45, 7) is 0. The number of ether oxygens (including phenoxy) is 1. The summed E-state index contributed by atoms with van der Waals surface area (Å²) in [5.41, 5.74) is 0. The molecule has 0 aromatic heterocycles. The van der Waals surface area contributed by atoms with E-state index in [0.29, 0.717) is 11.8 Å². The van der Waals surface area contributed by atoms with E-state index in [1.54, 1.807) is 0 Å². The molecule has 0 radical (unpaired) electrons. The lowest BCUT2D eigenvalue weighted by Gasteiger charge is -2.53. The number of carbonyl (C=O) groups is 1. The molecule has 0 unspecified atom stereocenters. The molecule has 0 aromatic carbocycles. The van der Waals surface area contributed by atoms with E-state index in [1.165, 1.54) is 32.1 Å². The summed E-state index contributed by atoms with van der Waals surface area (Å²) in [5.74, 6) is 2.47. The van der Waals surface area contributed by atoms with Crippen molar-refractivity contribution in [2.24, 2.45) is 23.7 Å². The standard InChI is InChI=1S/C12H16Cl2O2/c13-11(14)12(15)16-10-8-2-6-1-7(4-8)5-9(10)3-6/h6-11H,1-5H2. The number of carbonyl (C=O) groups excluding carboxylic acids is 1. The molecule has 4 saturated carbocycles. The van der Waals surface area contributed by atoms with Crippen LogP contribution in [0.4, 0.5) is 0 Å². The Labute approximate surface area is 106 Å². The van der Waals surface area contributed by atoms with E-state index < -0.39 is 10.8 Å².